The smallest absolute Gasteiger partial charge is 0.337 e. The molecule has 3 N–H and O–H groups in total. The van der Waals surface area contributed by atoms with Crippen molar-refractivity contribution in [2.45, 2.75) is 66.5 Å². The summed E-state index contributed by atoms with van der Waals surface area (Å²) in [6.45, 7) is 16.6. The van der Waals surface area contributed by atoms with Crippen LogP contribution in [0, 0.1) is 20.8 Å². The monoisotopic (exact) mass is 522 g/mol. The zero-order chi connectivity index (χ0) is 28.6. The minimum Gasteiger partial charge on any atom is -0.462 e. The number of esters is 2. The first-order chi connectivity index (χ1) is 17.7. The molecular weight excluding hydrogens is 484 g/mol. The SMILES string of the molecule is C=C(/C=C(\ON)c1ccc(C[C@H](NC(=O)c2c(C)cc(C)cc2C)C(=O)OC(C)(C)C)cc1)C(=O)OCC. The highest BCUT2D eigenvalue weighted by molar-refractivity contribution is 5.99. The van der Waals surface area contributed by atoms with Gasteiger partial charge in [-0.3, -0.25) is 4.79 Å². The fourth-order valence-corrected chi connectivity index (χ4v) is 4.00. The molecule has 0 radical (unpaired) electrons. The van der Waals surface area contributed by atoms with Gasteiger partial charge in [-0.1, -0.05) is 48.5 Å². The Morgan fingerprint density at radius 2 is 1.63 bits per heavy atom. The highest BCUT2D eigenvalue weighted by Gasteiger charge is 2.28. The second-order valence-corrected chi connectivity index (χ2v) is 10.1. The molecule has 0 fully saturated rings. The van der Waals surface area contributed by atoms with Crippen molar-refractivity contribution in [3.63, 3.8) is 0 Å². The van der Waals surface area contributed by atoms with Gasteiger partial charge in [0.2, 0.25) is 0 Å². The van der Waals surface area contributed by atoms with Crippen molar-refractivity contribution in [1.29, 1.82) is 0 Å². The first kappa shape index (κ1) is 30.3. The summed E-state index contributed by atoms with van der Waals surface area (Å²) in [6, 6.07) is 9.97. The number of ether oxygens (including phenoxy) is 2. The molecule has 0 saturated carbocycles. The van der Waals surface area contributed by atoms with Gasteiger partial charge in [-0.2, -0.15) is 5.90 Å². The van der Waals surface area contributed by atoms with E-state index < -0.39 is 23.6 Å². The lowest BCUT2D eigenvalue weighted by molar-refractivity contribution is -0.157. The summed E-state index contributed by atoms with van der Waals surface area (Å²) in [6.07, 6.45) is 1.59. The number of carbonyl (C=O) groups is 3. The number of nitrogens with one attached hydrogen (secondary N) is 1. The molecule has 38 heavy (non-hydrogen) atoms. The van der Waals surface area contributed by atoms with Crippen molar-refractivity contribution in [2.75, 3.05) is 6.61 Å². The van der Waals surface area contributed by atoms with E-state index in [4.69, 9.17) is 20.2 Å². The number of hydrogen-bond acceptors (Lipinski definition) is 7. The van der Waals surface area contributed by atoms with Crippen LogP contribution in [0.2, 0.25) is 0 Å². The van der Waals surface area contributed by atoms with Crippen molar-refractivity contribution in [3.05, 3.63) is 88.0 Å². The second-order valence-electron chi connectivity index (χ2n) is 10.1. The fraction of sp³-hybridized carbons (Fsp3) is 0.367. The molecule has 1 atom stereocenters. The van der Waals surface area contributed by atoms with E-state index in [0.29, 0.717) is 11.1 Å². The van der Waals surface area contributed by atoms with Crippen LogP contribution in [0.25, 0.3) is 5.76 Å². The Morgan fingerprint density at radius 1 is 1.05 bits per heavy atom. The number of carbonyl (C=O) groups excluding carboxylic acids is 3. The van der Waals surface area contributed by atoms with E-state index in [9.17, 15) is 14.4 Å². The molecule has 204 valence electrons. The van der Waals surface area contributed by atoms with Crippen LogP contribution in [0.4, 0.5) is 0 Å². The van der Waals surface area contributed by atoms with Gasteiger partial charge in [0.1, 0.15) is 11.6 Å². The Labute approximate surface area is 224 Å². The molecule has 8 heteroatoms. The molecule has 2 aromatic carbocycles. The number of nitrogens with two attached hydrogens (primary N) is 1. The lowest BCUT2D eigenvalue weighted by Crippen LogP contribution is -2.45. The molecule has 0 aromatic heterocycles. The Bertz CT molecular complexity index is 1200. The largest absolute Gasteiger partial charge is 0.462 e. The molecule has 0 aliphatic carbocycles. The molecule has 8 nitrogen and oxygen atoms in total. The van der Waals surface area contributed by atoms with Gasteiger partial charge in [0.25, 0.3) is 5.91 Å². The molecule has 0 spiro atoms. The molecule has 0 heterocycles. The average Bonchev–Trinajstić information content (AvgIpc) is 2.81. The molecule has 0 unspecified atom stereocenters. The summed E-state index contributed by atoms with van der Waals surface area (Å²) in [5.74, 6) is 4.19. The summed E-state index contributed by atoms with van der Waals surface area (Å²) in [7, 11) is 0. The number of aryl methyl sites for hydroxylation is 3. The molecule has 0 bridgehead atoms. The van der Waals surface area contributed by atoms with E-state index in [2.05, 4.69) is 11.9 Å². The van der Waals surface area contributed by atoms with Crippen molar-refractivity contribution in [3.8, 4) is 0 Å². The van der Waals surface area contributed by atoms with Crippen LogP contribution < -0.4 is 11.2 Å². The zero-order valence-electron chi connectivity index (χ0n) is 23.3. The Morgan fingerprint density at radius 3 is 2.13 bits per heavy atom. The topological polar surface area (TPSA) is 117 Å². The Hall–Kier alpha value is -3.91. The van der Waals surface area contributed by atoms with Crippen LogP contribution in [0.5, 0.6) is 0 Å². The predicted octanol–water partition coefficient (Wildman–Crippen LogP) is 4.65. The first-order valence-corrected chi connectivity index (χ1v) is 12.4. The summed E-state index contributed by atoms with van der Waals surface area (Å²) < 4.78 is 10.5. The highest BCUT2D eigenvalue weighted by atomic mass is 16.6. The molecule has 2 rings (SSSR count). The van der Waals surface area contributed by atoms with E-state index in [1.807, 2.05) is 32.9 Å². The van der Waals surface area contributed by atoms with Gasteiger partial charge >= 0.3 is 11.9 Å². The van der Waals surface area contributed by atoms with Crippen LogP contribution in [-0.2, 0) is 30.3 Å². The molecule has 0 aliphatic heterocycles. The van der Waals surface area contributed by atoms with Crippen LogP contribution in [0.15, 0.2) is 54.6 Å². The first-order valence-electron chi connectivity index (χ1n) is 12.4. The maximum Gasteiger partial charge on any atom is 0.337 e. The van der Waals surface area contributed by atoms with Crippen molar-refractivity contribution < 1.29 is 28.7 Å². The number of benzene rings is 2. The Kier molecular flexibility index (Phi) is 10.4. The summed E-state index contributed by atoms with van der Waals surface area (Å²) in [4.78, 5) is 43.1. The lowest BCUT2D eigenvalue weighted by Gasteiger charge is -2.25. The van der Waals surface area contributed by atoms with E-state index in [1.54, 1.807) is 52.0 Å². The quantitative estimate of drug-likeness (QED) is 0.153. The van der Waals surface area contributed by atoms with Gasteiger partial charge in [0.05, 0.1) is 12.2 Å². The van der Waals surface area contributed by atoms with Crippen molar-refractivity contribution >= 4 is 23.6 Å². The van der Waals surface area contributed by atoms with Gasteiger partial charge in [0, 0.05) is 17.5 Å². The molecule has 1 amide bonds. The van der Waals surface area contributed by atoms with Gasteiger partial charge < -0.3 is 19.6 Å². The minimum atomic E-state index is -0.919. The van der Waals surface area contributed by atoms with Crippen molar-refractivity contribution in [2.24, 2.45) is 5.90 Å². The Balaban J connectivity index is 2.31. The zero-order valence-corrected chi connectivity index (χ0v) is 23.3. The third kappa shape index (κ3) is 8.59. The molecule has 2 aromatic rings. The normalized spacial score (nSPS) is 12.4. The van der Waals surface area contributed by atoms with Crippen LogP contribution in [0.1, 0.15) is 65.9 Å². The number of amides is 1. The summed E-state index contributed by atoms with van der Waals surface area (Å²) in [5.41, 5.74) is 3.98. The van der Waals surface area contributed by atoms with Crippen LogP contribution in [0.3, 0.4) is 0 Å². The number of rotatable bonds is 10. The maximum absolute atomic E-state index is 13.3. The van der Waals surface area contributed by atoms with Crippen molar-refractivity contribution in [1.82, 2.24) is 5.32 Å². The van der Waals surface area contributed by atoms with Crippen LogP contribution in [-0.4, -0.2) is 36.1 Å². The fourth-order valence-electron chi connectivity index (χ4n) is 4.00. The third-order valence-electron chi connectivity index (χ3n) is 5.55. The van der Waals surface area contributed by atoms with Gasteiger partial charge in [0.15, 0.2) is 5.76 Å². The van der Waals surface area contributed by atoms with E-state index in [0.717, 1.165) is 22.3 Å². The minimum absolute atomic E-state index is 0.0887. The summed E-state index contributed by atoms with van der Waals surface area (Å²) >= 11 is 0. The average molecular weight is 523 g/mol. The second kappa shape index (κ2) is 13.1. The number of hydrogen-bond donors (Lipinski definition) is 2. The van der Waals surface area contributed by atoms with E-state index in [1.165, 1.54) is 6.08 Å². The van der Waals surface area contributed by atoms with E-state index in [-0.39, 0.29) is 30.3 Å². The van der Waals surface area contributed by atoms with Gasteiger partial charge in [-0.05, 0) is 71.2 Å². The summed E-state index contributed by atoms with van der Waals surface area (Å²) in [5, 5.41) is 2.87. The molecule has 0 aliphatic rings. The maximum atomic E-state index is 13.3. The highest BCUT2D eigenvalue weighted by Crippen LogP contribution is 2.20. The molecular formula is C30H38N2O6. The molecule has 0 saturated heterocycles. The van der Waals surface area contributed by atoms with Gasteiger partial charge in [-0.25, -0.2) is 9.59 Å². The van der Waals surface area contributed by atoms with Gasteiger partial charge in [-0.15, -0.1) is 0 Å². The third-order valence-corrected chi connectivity index (χ3v) is 5.55. The van der Waals surface area contributed by atoms with Crippen LogP contribution >= 0.6 is 0 Å². The predicted molar refractivity (Wildman–Crippen MR) is 147 cm³/mol. The lowest BCUT2D eigenvalue weighted by atomic mass is 9.98. The standard InChI is InChI=1S/C30H38N2O6/c1-9-36-28(34)21(5)16-25(38-31)23-12-10-22(11-13-23)17-24(29(35)37-30(6,7)8)32-27(33)26-19(3)14-18(2)15-20(26)4/h10-16,24H,5,9,17,31H2,1-4,6-8H3,(H,32,33)/b25-16-/t24-/m0/s1. The van der Waals surface area contributed by atoms with E-state index >= 15 is 0 Å².